The number of piperidine rings is 1. The number of nitrogens with zero attached hydrogens (tertiary/aromatic N) is 2. The SMILES string of the molecule is CC[C@H]1CCCCN1CCCNC(=O)c1ccc(C)c(N2CCCCS2(=O)=O)c1. The van der Waals surface area contributed by atoms with E-state index in [-0.39, 0.29) is 11.7 Å². The number of amides is 1. The van der Waals surface area contributed by atoms with Gasteiger partial charge in [0.05, 0.1) is 11.4 Å². The number of aryl methyl sites for hydroxylation is 1. The molecule has 1 amide bonds. The number of hydrogen-bond donors (Lipinski definition) is 1. The fourth-order valence-electron chi connectivity index (χ4n) is 4.48. The van der Waals surface area contributed by atoms with Crippen LogP contribution in [0, 0.1) is 6.92 Å². The lowest BCUT2D eigenvalue weighted by molar-refractivity contribution is 0.0947. The van der Waals surface area contributed by atoms with E-state index in [0.717, 1.165) is 31.5 Å². The third-order valence-electron chi connectivity index (χ3n) is 6.22. The van der Waals surface area contributed by atoms with E-state index >= 15 is 0 Å². The van der Waals surface area contributed by atoms with Crippen molar-refractivity contribution in [3.05, 3.63) is 29.3 Å². The summed E-state index contributed by atoms with van der Waals surface area (Å²) < 4.78 is 26.4. The van der Waals surface area contributed by atoms with Crippen LogP contribution in [0.5, 0.6) is 0 Å². The zero-order valence-electron chi connectivity index (χ0n) is 17.8. The van der Waals surface area contributed by atoms with E-state index in [2.05, 4.69) is 17.1 Å². The van der Waals surface area contributed by atoms with Crippen LogP contribution in [0.2, 0.25) is 0 Å². The summed E-state index contributed by atoms with van der Waals surface area (Å²) in [5, 5.41) is 3.01. The minimum absolute atomic E-state index is 0.133. The molecule has 0 unspecified atom stereocenters. The zero-order chi connectivity index (χ0) is 20.9. The molecule has 0 radical (unpaired) electrons. The van der Waals surface area contributed by atoms with Crippen molar-refractivity contribution < 1.29 is 13.2 Å². The van der Waals surface area contributed by atoms with Crippen molar-refractivity contribution in [2.75, 3.05) is 36.2 Å². The molecule has 7 heteroatoms. The number of carbonyl (C=O) groups excluding carboxylic acids is 1. The lowest BCUT2D eigenvalue weighted by Crippen LogP contribution is -2.40. The molecule has 2 saturated heterocycles. The Balaban J connectivity index is 1.57. The van der Waals surface area contributed by atoms with Crippen LogP contribution >= 0.6 is 0 Å². The molecule has 0 aromatic heterocycles. The van der Waals surface area contributed by atoms with Gasteiger partial charge >= 0.3 is 0 Å². The number of sulfonamides is 1. The van der Waals surface area contributed by atoms with Crippen molar-refractivity contribution in [3.63, 3.8) is 0 Å². The predicted octanol–water partition coefficient (Wildman–Crippen LogP) is 3.31. The van der Waals surface area contributed by atoms with Gasteiger partial charge in [-0.1, -0.05) is 19.4 Å². The van der Waals surface area contributed by atoms with Crippen LogP contribution in [-0.4, -0.2) is 57.2 Å². The molecule has 0 saturated carbocycles. The van der Waals surface area contributed by atoms with Gasteiger partial charge in [0, 0.05) is 31.2 Å². The Bertz CT molecular complexity index is 810. The number of anilines is 1. The summed E-state index contributed by atoms with van der Waals surface area (Å²) in [6.45, 7) is 7.45. The van der Waals surface area contributed by atoms with Crippen LogP contribution in [0.15, 0.2) is 18.2 Å². The van der Waals surface area contributed by atoms with Gasteiger partial charge in [-0.25, -0.2) is 8.42 Å². The maximum atomic E-state index is 12.6. The molecule has 3 rings (SSSR count). The maximum absolute atomic E-state index is 12.6. The van der Waals surface area contributed by atoms with Gasteiger partial charge in [0.25, 0.3) is 5.91 Å². The van der Waals surface area contributed by atoms with Crippen molar-refractivity contribution in [1.29, 1.82) is 0 Å². The Hall–Kier alpha value is -1.60. The summed E-state index contributed by atoms with van der Waals surface area (Å²) in [5.74, 6) is 0.0457. The number of nitrogens with one attached hydrogen (secondary N) is 1. The quantitative estimate of drug-likeness (QED) is 0.686. The van der Waals surface area contributed by atoms with Crippen molar-refractivity contribution in [1.82, 2.24) is 10.2 Å². The highest BCUT2D eigenvalue weighted by molar-refractivity contribution is 7.92. The Morgan fingerprint density at radius 3 is 2.72 bits per heavy atom. The second-order valence-corrected chi connectivity index (χ2v) is 10.3. The minimum atomic E-state index is -3.29. The first-order valence-electron chi connectivity index (χ1n) is 11.1. The fraction of sp³-hybridized carbons (Fsp3) is 0.682. The molecule has 0 aliphatic carbocycles. The maximum Gasteiger partial charge on any atom is 0.251 e. The fourth-order valence-corrected chi connectivity index (χ4v) is 6.17. The van der Waals surface area contributed by atoms with Crippen LogP contribution in [0.4, 0.5) is 5.69 Å². The standard InChI is InChI=1S/C22H35N3O3S/c1-3-20-9-4-5-13-24(20)14-8-12-23-22(26)19-11-10-18(2)21(17-19)25-15-6-7-16-29(25,27)28/h10-11,17,20H,3-9,12-16H2,1-2H3,(H,23,26)/t20-/m0/s1. The summed E-state index contributed by atoms with van der Waals surface area (Å²) >= 11 is 0. The molecule has 162 valence electrons. The van der Waals surface area contributed by atoms with Gasteiger partial charge < -0.3 is 10.2 Å². The normalized spacial score (nSPS) is 22.4. The van der Waals surface area contributed by atoms with Gasteiger partial charge in [-0.3, -0.25) is 9.10 Å². The van der Waals surface area contributed by atoms with Crippen molar-refractivity contribution in [2.24, 2.45) is 0 Å². The second-order valence-electron chi connectivity index (χ2n) is 8.30. The van der Waals surface area contributed by atoms with Gasteiger partial charge in [0.2, 0.25) is 10.0 Å². The highest BCUT2D eigenvalue weighted by atomic mass is 32.2. The molecule has 2 aliphatic rings. The van der Waals surface area contributed by atoms with Gasteiger partial charge in [-0.05, 0) is 69.7 Å². The first-order chi connectivity index (χ1) is 13.9. The summed E-state index contributed by atoms with van der Waals surface area (Å²) in [6, 6.07) is 6.03. The van der Waals surface area contributed by atoms with E-state index < -0.39 is 10.0 Å². The number of carbonyl (C=O) groups is 1. The van der Waals surface area contributed by atoms with Crippen LogP contribution in [0.25, 0.3) is 0 Å². The van der Waals surface area contributed by atoms with Crippen molar-refractivity contribution in [2.45, 2.75) is 64.8 Å². The van der Waals surface area contributed by atoms with Gasteiger partial charge in [0.15, 0.2) is 0 Å². The molecule has 1 N–H and O–H groups in total. The Morgan fingerprint density at radius 2 is 1.97 bits per heavy atom. The van der Waals surface area contributed by atoms with Gasteiger partial charge in [-0.15, -0.1) is 0 Å². The van der Waals surface area contributed by atoms with Gasteiger partial charge in [-0.2, -0.15) is 0 Å². The monoisotopic (exact) mass is 421 g/mol. The molecule has 29 heavy (non-hydrogen) atoms. The van der Waals surface area contributed by atoms with Crippen LogP contribution in [-0.2, 0) is 10.0 Å². The topological polar surface area (TPSA) is 69.7 Å². The van der Waals surface area contributed by atoms with E-state index in [0.29, 0.717) is 36.8 Å². The molecule has 1 aromatic rings. The highest BCUT2D eigenvalue weighted by Gasteiger charge is 2.27. The summed E-state index contributed by atoms with van der Waals surface area (Å²) in [4.78, 5) is 15.2. The molecule has 6 nitrogen and oxygen atoms in total. The summed E-state index contributed by atoms with van der Waals surface area (Å²) in [6.07, 6.45) is 7.56. The van der Waals surface area contributed by atoms with E-state index in [4.69, 9.17) is 0 Å². The van der Waals surface area contributed by atoms with Crippen molar-refractivity contribution in [3.8, 4) is 0 Å². The van der Waals surface area contributed by atoms with E-state index in [1.54, 1.807) is 12.1 Å². The molecule has 0 spiro atoms. The zero-order valence-corrected chi connectivity index (χ0v) is 18.6. The second kappa shape index (κ2) is 9.94. The number of benzene rings is 1. The highest BCUT2D eigenvalue weighted by Crippen LogP contribution is 2.28. The minimum Gasteiger partial charge on any atom is -0.352 e. The van der Waals surface area contributed by atoms with E-state index in [9.17, 15) is 13.2 Å². The lowest BCUT2D eigenvalue weighted by atomic mass is 10.00. The number of likely N-dealkylation sites (tertiary alicyclic amines) is 1. The summed E-state index contributed by atoms with van der Waals surface area (Å²) in [5.41, 5.74) is 2.04. The summed E-state index contributed by atoms with van der Waals surface area (Å²) in [7, 11) is -3.29. The molecule has 1 aromatic carbocycles. The van der Waals surface area contributed by atoms with E-state index in [1.165, 1.54) is 30.0 Å². The third kappa shape index (κ3) is 5.51. The number of rotatable bonds is 7. The first kappa shape index (κ1) is 22.1. The Kier molecular flexibility index (Phi) is 7.57. The molecular formula is C22H35N3O3S. The third-order valence-corrected chi connectivity index (χ3v) is 8.07. The van der Waals surface area contributed by atoms with Crippen molar-refractivity contribution >= 4 is 21.6 Å². The predicted molar refractivity (Wildman–Crippen MR) is 118 cm³/mol. The molecule has 2 heterocycles. The lowest BCUT2D eigenvalue weighted by Gasteiger charge is -2.35. The first-order valence-corrected chi connectivity index (χ1v) is 12.7. The smallest absolute Gasteiger partial charge is 0.251 e. The van der Waals surface area contributed by atoms with E-state index in [1.807, 2.05) is 13.0 Å². The molecule has 2 aliphatic heterocycles. The van der Waals surface area contributed by atoms with Gasteiger partial charge in [0.1, 0.15) is 0 Å². The van der Waals surface area contributed by atoms with Crippen LogP contribution in [0.1, 0.15) is 67.8 Å². The molecule has 0 bridgehead atoms. The molecule has 2 fully saturated rings. The largest absolute Gasteiger partial charge is 0.352 e. The Morgan fingerprint density at radius 1 is 1.17 bits per heavy atom. The van der Waals surface area contributed by atoms with Crippen LogP contribution in [0.3, 0.4) is 0 Å². The molecule has 1 atom stereocenters. The molecular weight excluding hydrogens is 386 g/mol. The average molecular weight is 422 g/mol. The van der Waals surface area contributed by atoms with Crippen LogP contribution < -0.4 is 9.62 Å². The average Bonchev–Trinajstić information content (AvgIpc) is 2.71. The number of hydrogen-bond acceptors (Lipinski definition) is 4. The Labute approximate surface area is 175 Å².